The molecular weight excluding hydrogens is 276 g/mol. The monoisotopic (exact) mass is 283 g/mol. The van der Waals surface area contributed by atoms with Crippen molar-refractivity contribution in [2.45, 2.75) is 28.9 Å². The summed E-state index contributed by atoms with van der Waals surface area (Å²) in [7, 11) is 0. The van der Waals surface area contributed by atoms with E-state index in [2.05, 4.69) is 31.9 Å². The van der Waals surface area contributed by atoms with Gasteiger partial charge in [0.15, 0.2) is 0 Å². The van der Waals surface area contributed by atoms with Crippen molar-refractivity contribution in [2.75, 3.05) is 0 Å². The van der Waals surface area contributed by atoms with Gasteiger partial charge in [-0.2, -0.15) is 0 Å². The number of hydrogen-bond donors (Lipinski definition) is 0. The molecule has 0 aromatic carbocycles. The van der Waals surface area contributed by atoms with E-state index >= 15 is 0 Å². The van der Waals surface area contributed by atoms with Crippen LogP contribution in [0.15, 0.2) is 0 Å². The minimum absolute atomic E-state index is 0.256. The fraction of sp³-hybridized carbons (Fsp3) is 0.857. The highest BCUT2D eigenvalue weighted by Crippen LogP contribution is 2.33. The van der Waals surface area contributed by atoms with E-state index in [1.807, 2.05) is 0 Å². The SMILES string of the molecule is O=C([O-])[C@@H]1CC[C@H](Br)[C@H](Br)C1. The molecule has 1 saturated carbocycles. The van der Waals surface area contributed by atoms with Crippen molar-refractivity contribution in [1.29, 1.82) is 0 Å². The summed E-state index contributed by atoms with van der Waals surface area (Å²) in [5.74, 6) is -1.16. The van der Waals surface area contributed by atoms with Gasteiger partial charge in [-0.15, -0.1) is 0 Å². The summed E-state index contributed by atoms with van der Waals surface area (Å²) >= 11 is 6.89. The molecule has 1 aliphatic carbocycles. The average Bonchev–Trinajstić information content (AvgIpc) is 1.94. The summed E-state index contributed by atoms with van der Waals surface area (Å²) in [4.78, 5) is 11.2. The van der Waals surface area contributed by atoms with Crippen LogP contribution in [-0.2, 0) is 4.79 Å². The molecule has 0 bridgehead atoms. The van der Waals surface area contributed by atoms with Crippen LogP contribution >= 0.6 is 31.9 Å². The molecule has 0 radical (unpaired) electrons. The van der Waals surface area contributed by atoms with Crippen molar-refractivity contribution in [2.24, 2.45) is 5.92 Å². The number of hydrogen-bond acceptors (Lipinski definition) is 2. The molecule has 1 fully saturated rings. The van der Waals surface area contributed by atoms with Crippen LogP contribution in [0, 0.1) is 5.92 Å². The quantitative estimate of drug-likeness (QED) is 0.676. The minimum Gasteiger partial charge on any atom is -0.550 e. The number of carbonyl (C=O) groups excluding carboxylic acids is 1. The van der Waals surface area contributed by atoms with Crippen LogP contribution in [0.1, 0.15) is 19.3 Å². The summed E-state index contributed by atoms with van der Waals surface area (Å²) in [6.07, 6.45) is 2.33. The van der Waals surface area contributed by atoms with E-state index in [0.29, 0.717) is 11.2 Å². The Morgan fingerprint density at radius 2 is 1.91 bits per heavy atom. The first-order chi connectivity index (χ1) is 5.11. The maximum absolute atomic E-state index is 10.5. The van der Waals surface area contributed by atoms with Gasteiger partial charge >= 0.3 is 0 Å². The molecule has 0 amide bonds. The number of aliphatic carboxylic acids is 1. The van der Waals surface area contributed by atoms with Gasteiger partial charge in [0, 0.05) is 15.6 Å². The minimum atomic E-state index is -0.908. The van der Waals surface area contributed by atoms with Gasteiger partial charge in [0.25, 0.3) is 0 Å². The molecule has 0 heterocycles. The van der Waals surface area contributed by atoms with Gasteiger partial charge in [-0.3, -0.25) is 0 Å². The van der Waals surface area contributed by atoms with Gasteiger partial charge in [0.05, 0.1) is 0 Å². The molecule has 0 aromatic rings. The molecule has 4 heteroatoms. The van der Waals surface area contributed by atoms with Crippen LogP contribution < -0.4 is 5.11 Å². The zero-order valence-corrected chi connectivity index (χ0v) is 9.10. The van der Waals surface area contributed by atoms with Crippen LogP contribution in [0.5, 0.6) is 0 Å². The summed E-state index contributed by atoms with van der Waals surface area (Å²) in [5.41, 5.74) is 0. The Kier molecular flexibility index (Phi) is 3.37. The lowest BCUT2D eigenvalue weighted by atomic mass is 9.89. The Balaban J connectivity index is 2.46. The third kappa shape index (κ3) is 2.44. The number of rotatable bonds is 1. The summed E-state index contributed by atoms with van der Waals surface area (Å²) in [6.45, 7) is 0. The zero-order valence-electron chi connectivity index (χ0n) is 5.93. The fourth-order valence-electron chi connectivity index (χ4n) is 1.29. The van der Waals surface area contributed by atoms with Crippen LogP contribution in [0.2, 0.25) is 0 Å². The molecule has 0 aromatic heterocycles. The lowest BCUT2D eigenvalue weighted by Gasteiger charge is -2.30. The Labute approximate surface area is 82.6 Å². The molecule has 2 nitrogen and oxygen atoms in total. The van der Waals surface area contributed by atoms with E-state index in [1.54, 1.807) is 0 Å². The summed E-state index contributed by atoms with van der Waals surface area (Å²) in [5, 5.41) is 10.5. The van der Waals surface area contributed by atoms with Crippen LogP contribution in [0.4, 0.5) is 0 Å². The van der Waals surface area contributed by atoms with Gasteiger partial charge < -0.3 is 9.90 Å². The smallest absolute Gasteiger partial charge is 0.0445 e. The Bertz CT molecular complexity index is 161. The lowest BCUT2D eigenvalue weighted by molar-refractivity contribution is -0.312. The largest absolute Gasteiger partial charge is 0.550 e. The van der Waals surface area contributed by atoms with Gasteiger partial charge in [0.1, 0.15) is 0 Å². The van der Waals surface area contributed by atoms with E-state index in [0.717, 1.165) is 12.8 Å². The first-order valence-corrected chi connectivity index (χ1v) is 5.43. The van der Waals surface area contributed by atoms with Crippen molar-refractivity contribution in [1.82, 2.24) is 0 Å². The molecular formula is C7H9Br2O2-. The second-order valence-electron chi connectivity index (χ2n) is 2.86. The topological polar surface area (TPSA) is 40.1 Å². The Morgan fingerprint density at radius 3 is 2.36 bits per heavy atom. The van der Waals surface area contributed by atoms with E-state index < -0.39 is 5.97 Å². The molecule has 0 spiro atoms. The Morgan fingerprint density at radius 1 is 1.27 bits per heavy atom. The molecule has 3 atom stereocenters. The van der Waals surface area contributed by atoms with E-state index in [-0.39, 0.29) is 10.7 Å². The van der Waals surface area contributed by atoms with Gasteiger partial charge in [0.2, 0.25) is 0 Å². The van der Waals surface area contributed by atoms with Crippen molar-refractivity contribution in [3.63, 3.8) is 0 Å². The number of alkyl halides is 2. The molecule has 0 N–H and O–H groups in total. The fourth-order valence-corrected chi connectivity index (χ4v) is 2.49. The van der Waals surface area contributed by atoms with Gasteiger partial charge in [-0.1, -0.05) is 31.9 Å². The average molecular weight is 285 g/mol. The molecule has 0 aliphatic heterocycles. The second-order valence-corrected chi connectivity index (χ2v) is 5.21. The molecule has 1 rings (SSSR count). The number of halogens is 2. The van der Waals surface area contributed by atoms with Crippen molar-refractivity contribution in [3.8, 4) is 0 Å². The van der Waals surface area contributed by atoms with Gasteiger partial charge in [-0.05, 0) is 25.2 Å². The normalized spacial score (nSPS) is 38.5. The molecule has 11 heavy (non-hydrogen) atoms. The maximum Gasteiger partial charge on any atom is 0.0445 e. The van der Waals surface area contributed by atoms with Crippen LogP contribution in [0.25, 0.3) is 0 Å². The van der Waals surface area contributed by atoms with Crippen molar-refractivity contribution in [3.05, 3.63) is 0 Å². The highest BCUT2D eigenvalue weighted by molar-refractivity contribution is 9.12. The number of carboxylic acids is 1. The van der Waals surface area contributed by atoms with Crippen molar-refractivity contribution < 1.29 is 9.90 Å². The van der Waals surface area contributed by atoms with E-state index in [1.165, 1.54) is 0 Å². The van der Waals surface area contributed by atoms with Crippen molar-refractivity contribution >= 4 is 37.8 Å². The Hall–Kier alpha value is 0.430. The predicted molar refractivity (Wildman–Crippen MR) is 47.8 cm³/mol. The number of carboxylic acid groups (broad SMARTS) is 1. The number of carbonyl (C=O) groups is 1. The highest BCUT2D eigenvalue weighted by Gasteiger charge is 2.27. The van der Waals surface area contributed by atoms with Gasteiger partial charge in [-0.25, -0.2) is 0 Å². The molecule has 0 unspecified atom stereocenters. The zero-order chi connectivity index (χ0) is 8.43. The molecule has 1 aliphatic rings. The van der Waals surface area contributed by atoms with E-state index in [4.69, 9.17) is 0 Å². The molecule has 0 saturated heterocycles. The summed E-state index contributed by atoms with van der Waals surface area (Å²) in [6, 6.07) is 0. The second kappa shape index (κ2) is 3.90. The molecule has 64 valence electrons. The summed E-state index contributed by atoms with van der Waals surface area (Å²) < 4.78 is 0. The van der Waals surface area contributed by atoms with E-state index in [9.17, 15) is 9.90 Å². The lowest BCUT2D eigenvalue weighted by Crippen LogP contribution is -2.37. The standard InChI is InChI=1S/C7H10Br2O2/c8-5-2-1-4(7(10)11)3-6(5)9/h4-6H,1-3H2,(H,10,11)/p-1/t4-,5+,6-/m1/s1. The van der Waals surface area contributed by atoms with Crippen LogP contribution in [-0.4, -0.2) is 15.6 Å². The highest BCUT2D eigenvalue weighted by atomic mass is 79.9. The first-order valence-electron chi connectivity index (χ1n) is 3.60. The first kappa shape index (κ1) is 9.52. The maximum atomic E-state index is 10.5. The third-order valence-electron chi connectivity index (χ3n) is 2.03. The van der Waals surface area contributed by atoms with Crippen LogP contribution in [0.3, 0.4) is 0 Å². The third-order valence-corrected chi connectivity index (χ3v) is 4.84. The predicted octanol–water partition coefficient (Wildman–Crippen LogP) is 1.06.